The van der Waals surface area contributed by atoms with Crippen LogP contribution in [0.2, 0.25) is 0 Å². The Labute approximate surface area is 129 Å². The molecule has 1 amide bonds. The number of fused-ring (bicyclic) bond motifs is 1. The lowest BCUT2D eigenvalue weighted by Gasteiger charge is -2.30. The molecule has 1 heterocycles. The number of carbonyl (C=O) groups excluding carboxylic acids is 1. The van der Waals surface area contributed by atoms with Crippen LogP contribution >= 0.6 is 0 Å². The number of amides is 1. The quantitative estimate of drug-likeness (QED) is 0.898. The lowest BCUT2D eigenvalue weighted by molar-refractivity contribution is -0.142. The van der Waals surface area contributed by atoms with E-state index in [-0.39, 0.29) is 23.8 Å². The lowest BCUT2D eigenvalue weighted by atomic mass is 9.85. The second kappa shape index (κ2) is 6.38. The van der Waals surface area contributed by atoms with E-state index in [0.717, 1.165) is 24.2 Å². The molecule has 5 heteroatoms. The maximum absolute atomic E-state index is 12.6. The van der Waals surface area contributed by atoms with Crippen molar-refractivity contribution in [2.75, 3.05) is 6.61 Å². The van der Waals surface area contributed by atoms with Crippen LogP contribution in [0, 0.1) is 5.92 Å². The Morgan fingerprint density at radius 2 is 1.82 bits per heavy atom. The zero-order chi connectivity index (χ0) is 15.5. The zero-order valence-electron chi connectivity index (χ0n) is 12.5. The fourth-order valence-electron chi connectivity index (χ4n) is 3.40. The van der Waals surface area contributed by atoms with Crippen LogP contribution in [-0.2, 0) is 9.59 Å². The molecule has 1 aromatic rings. The van der Waals surface area contributed by atoms with Crippen LogP contribution in [0.4, 0.5) is 0 Å². The highest BCUT2D eigenvalue weighted by atomic mass is 16.5. The molecule has 0 spiro atoms. The van der Waals surface area contributed by atoms with Gasteiger partial charge in [0.25, 0.3) is 0 Å². The van der Waals surface area contributed by atoms with Gasteiger partial charge in [-0.1, -0.05) is 18.2 Å². The first-order valence-corrected chi connectivity index (χ1v) is 7.90. The van der Waals surface area contributed by atoms with E-state index < -0.39 is 5.97 Å². The largest absolute Gasteiger partial charge is 0.493 e. The second-order valence-electron chi connectivity index (χ2n) is 6.12. The molecule has 22 heavy (non-hydrogen) atoms. The third kappa shape index (κ3) is 3.08. The predicted octanol–water partition coefficient (Wildman–Crippen LogP) is 2.31. The topological polar surface area (TPSA) is 75.6 Å². The van der Waals surface area contributed by atoms with Crippen molar-refractivity contribution in [1.82, 2.24) is 5.32 Å². The van der Waals surface area contributed by atoms with E-state index in [1.165, 1.54) is 0 Å². The molecule has 1 aliphatic carbocycles. The monoisotopic (exact) mass is 303 g/mol. The molecule has 118 valence electrons. The highest BCUT2D eigenvalue weighted by molar-refractivity contribution is 5.85. The summed E-state index contributed by atoms with van der Waals surface area (Å²) in [6.07, 6.45) is 3.46. The van der Waals surface area contributed by atoms with E-state index in [4.69, 9.17) is 9.84 Å². The zero-order valence-corrected chi connectivity index (χ0v) is 12.5. The fourth-order valence-corrected chi connectivity index (χ4v) is 3.40. The summed E-state index contributed by atoms with van der Waals surface area (Å²) in [7, 11) is 0. The Bertz CT molecular complexity index is 564. The first kappa shape index (κ1) is 14.9. The van der Waals surface area contributed by atoms with Crippen LogP contribution < -0.4 is 10.1 Å². The average Bonchev–Trinajstić information content (AvgIpc) is 2.54. The van der Waals surface area contributed by atoms with Gasteiger partial charge in [0.05, 0.1) is 18.4 Å². The van der Waals surface area contributed by atoms with Gasteiger partial charge in [-0.15, -0.1) is 0 Å². The number of benzene rings is 1. The maximum atomic E-state index is 12.6. The second-order valence-corrected chi connectivity index (χ2v) is 6.12. The Hall–Kier alpha value is -2.04. The molecule has 5 nitrogen and oxygen atoms in total. The fraction of sp³-hybridized carbons (Fsp3) is 0.529. The van der Waals surface area contributed by atoms with Crippen LogP contribution in [-0.4, -0.2) is 29.6 Å². The first-order valence-electron chi connectivity index (χ1n) is 7.90. The summed E-state index contributed by atoms with van der Waals surface area (Å²) in [6, 6.07) is 7.77. The molecule has 1 saturated carbocycles. The van der Waals surface area contributed by atoms with Crippen molar-refractivity contribution in [3.8, 4) is 5.75 Å². The summed E-state index contributed by atoms with van der Waals surface area (Å²) in [6.45, 7) is 0.556. The minimum absolute atomic E-state index is 0.0366. The van der Waals surface area contributed by atoms with Gasteiger partial charge in [0, 0.05) is 11.6 Å². The number of aliphatic carboxylic acids is 1. The van der Waals surface area contributed by atoms with Crippen molar-refractivity contribution in [3.05, 3.63) is 29.8 Å². The molecule has 0 bridgehead atoms. The van der Waals surface area contributed by atoms with Crippen LogP contribution in [0.1, 0.15) is 43.6 Å². The van der Waals surface area contributed by atoms with Crippen molar-refractivity contribution < 1.29 is 19.4 Å². The normalized spacial score (nSPS) is 27.4. The number of carboxylic acids is 1. The molecular formula is C17H21NO4. The maximum Gasteiger partial charge on any atom is 0.306 e. The van der Waals surface area contributed by atoms with Gasteiger partial charge in [0.2, 0.25) is 5.91 Å². The van der Waals surface area contributed by atoms with E-state index in [2.05, 4.69) is 5.32 Å². The smallest absolute Gasteiger partial charge is 0.306 e. The summed E-state index contributed by atoms with van der Waals surface area (Å²) in [5, 5.41) is 12.1. The number of hydrogen-bond acceptors (Lipinski definition) is 3. The summed E-state index contributed by atoms with van der Waals surface area (Å²) < 4.78 is 5.59. The number of rotatable bonds is 3. The van der Waals surface area contributed by atoms with E-state index >= 15 is 0 Å². The molecule has 1 unspecified atom stereocenters. The third-order valence-electron chi connectivity index (χ3n) is 4.70. The third-order valence-corrected chi connectivity index (χ3v) is 4.70. The van der Waals surface area contributed by atoms with Crippen molar-refractivity contribution in [2.45, 2.75) is 44.1 Å². The van der Waals surface area contributed by atoms with Gasteiger partial charge in [0.15, 0.2) is 0 Å². The van der Waals surface area contributed by atoms with Crippen LogP contribution in [0.15, 0.2) is 24.3 Å². The van der Waals surface area contributed by atoms with Gasteiger partial charge >= 0.3 is 5.97 Å². The summed E-state index contributed by atoms with van der Waals surface area (Å²) >= 11 is 0. The Balaban J connectivity index is 1.61. The number of nitrogens with one attached hydrogen (secondary N) is 1. The number of carboxylic acid groups (broad SMARTS) is 1. The summed E-state index contributed by atoms with van der Waals surface area (Å²) in [5.74, 6) is -0.305. The van der Waals surface area contributed by atoms with Crippen molar-refractivity contribution in [1.29, 1.82) is 0 Å². The first-order chi connectivity index (χ1) is 10.6. The van der Waals surface area contributed by atoms with E-state index in [1.54, 1.807) is 0 Å². The molecule has 0 radical (unpaired) electrons. The minimum Gasteiger partial charge on any atom is -0.493 e. The minimum atomic E-state index is -0.719. The lowest BCUT2D eigenvalue weighted by Crippen LogP contribution is -2.42. The van der Waals surface area contributed by atoms with Gasteiger partial charge < -0.3 is 15.2 Å². The Morgan fingerprint density at radius 1 is 1.09 bits per heavy atom. The number of carbonyl (C=O) groups is 2. The number of ether oxygens (including phenoxy) is 1. The average molecular weight is 303 g/mol. The summed E-state index contributed by atoms with van der Waals surface area (Å²) in [4.78, 5) is 23.5. The summed E-state index contributed by atoms with van der Waals surface area (Å²) in [5.41, 5.74) is 0.950. The molecule has 1 atom stereocenters. The molecule has 1 aromatic carbocycles. The standard InChI is InChI=1S/C17H21NO4/c19-16(18-12-7-5-11(6-8-12)17(20)21)14-9-10-22-15-4-2-1-3-13(14)15/h1-4,11-12,14H,5-10H2,(H,18,19)(H,20,21). The van der Waals surface area contributed by atoms with E-state index in [1.807, 2.05) is 24.3 Å². The van der Waals surface area contributed by atoms with Gasteiger partial charge in [-0.2, -0.15) is 0 Å². The molecule has 3 rings (SSSR count). The molecule has 0 aromatic heterocycles. The highest BCUT2D eigenvalue weighted by Crippen LogP contribution is 2.34. The van der Waals surface area contributed by atoms with Crippen LogP contribution in [0.5, 0.6) is 5.75 Å². The van der Waals surface area contributed by atoms with Crippen LogP contribution in [0.3, 0.4) is 0 Å². The van der Waals surface area contributed by atoms with E-state index in [0.29, 0.717) is 25.9 Å². The van der Waals surface area contributed by atoms with Crippen molar-refractivity contribution in [2.24, 2.45) is 5.92 Å². The molecule has 2 aliphatic rings. The van der Waals surface area contributed by atoms with Crippen molar-refractivity contribution in [3.63, 3.8) is 0 Å². The molecular weight excluding hydrogens is 282 g/mol. The van der Waals surface area contributed by atoms with E-state index in [9.17, 15) is 9.59 Å². The predicted molar refractivity (Wildman–Crippen MR) is 80.8 cm³/mol. The number of hydrogen-bond donors (Lipinski definition) is 2. The SMILES string of the molecule is O=C(O)C1CCC(NC(=O)C2CCOc3ccccc32)CC1. The Kier molecular flexibility index (Phi) is 4.32. The molecule has 1 aliphatic heterocycles. The van der Waals surface area contributed by atoms with Gasteiger partial charge in [-0.25, -0.2) is 0 Å². The number of para-hydroxylation sites is 1. The van der Waals surface area contributed by atoms with Crippen LogP contribution in [0.25, 0.3) is 0 Å². The van der Waals surface area contributed by atoms with Gasteiger partial charge in [0.1, 0.15) is 5.75 Å². The van der Waals surface area contributed by atoms with Gasteiger partial charge in [-0.05, 0) is 38.2 Å². The molecule has 2 N–H and O–H groups in total. The van der Waals surface area contributed by atoms with Crippen molar-refractivity contribution >= 4 is 11.9 Å². The molecule has 0 saturated heterocycles. The molecule has 1 fully saturated rings. The highest BCUT2D eigenvalue weighted by Gasteiger charge is 2.31. The Morgan fingerprint density at radius 3 is 2.55 bits per heavy atom. The van der Waals surface area contributed by atoms with Gasteiger partial charge in [-0.3, -0.25) is 9.59 Å².